The predicted octanol–water partition coefficient (Wildman–Crippen LogP) is 5.68. The molecular formula is C28H38F3NO8. The molecule has 224 valence electrons. The minimum absolute atomic E-state index is 0.172. The number of hydrogen-bond donors (Lipinski definition) is 0. The van der Waals surface area contributed by atoms with Crippen molar-refractivity contribution in [1.82, 2.24) is 4.90 Å². The fraction of sp³-hybridized carbons (Fsp3) is 0.679. The number of likely N-dealkylation sites (tertiary alicyclic amines) is 1. The van der Waals surface area contributed by atoms with E-state index in [9.17, 15) is 27.6 Å². The van der Waals surface area contributed by atoms with Gasteiger partial charge in [0.15, 0.2) is 12.2 Å². The van der Waals surface area contributed by atoms with Gasteiger partial charge in [-0.15, -0.1) is 0 Å². The Balaban J connectivity index is 1.90. The monoisotopic (exact) mass is 573 g/mol. The third-order valence-corrected chi connectivity index (χ3v) is 6.58. The van der Waals surface area contributed by atoms with Crippen LogP contribution >= 0.6 is 0 Å². The summed E-state index contributed by atoms with van der Waals surface area (Å²) < 4.78 is 66.4. The van der Waals surface area contributed by atoms with Gasteiger partial charge in [0, 0.05) is 0 Å². The lowest BCUT2D eigenvalue weighted by atomic mass is 9.74. The summed E-state index contributed by atoms with van der Waals surface area (Å²) >= 11 is 0. The Morgan fingerprint density at radius 1 is 0.900 bits per heavy atom. The van der Waals surface area contributed by atoms with Gasteiger partial charge in [-0.05, 0) is 78.5 Å². The molecule has 0 aromatic heterocycles. The zero-order valence-electron chi connectivity index (χ0n) is 23.9. The fourth-order valence-corrected chi connectivity index (χ4v) is 4.58. The van der Waals surface area contributed by atoms with Crippen molar-refractivity contribution < 1.29 is 51.2 Å². The molecule has 0 unspecified atom stereocenters. The van der Waals surface area contributed by atoms with E-state index < -0.39 is 65.7 Å². The van der Waals surface area contributed by atoms with Gasteiger partial charge in [0.1, 0.15) is 17.0 Å². The number of amides is 1. The van der Waals surface area contributed by atoms with Crippen LogP contribution in [0.1, 0.15) is 59.9 Å². The van der Waals surface area contributed by atoms with Crippen molar-refractivity contribution >= 4 is 18.2 Å². The average Bonchev–Trinajstić information content (AvgIpc) is 3.06. The number of halogens is 3. The average molecular weight is 574 g/mol. The van der Waals surface area contributed by atoms with Crippen molar-refractivity contribution in [3.8, 4) is 5.75 Å². The van der Waals surface area contributed by atoms with E-state index in [1.54, 1.807) is 65.8 Å². The molecule has 1 heterocycles. The largest absolute Gasteiger partial charge is 0.509 e. The molecule has 0 bridgehead atoms. The minimum Gasteiger partial charge on any atom is -0.497 e. The summed E-state index contributed by atoms with van der Waals surface area (Å²) in [6, 6.07) is 6.14. The summed E-state index contributed by atoms with van der Waals surface area (Å²) in [5, 5.41) is 0. The summed E-state index contributed by atoms with van der Waals surface area (Å²) in [5.41, 5.74) is -0.983. The zero-order chi connectivity index (χ0) is 30.0. The number of ether oxygens (including phenoxy) is 5. The third-order valence-electron chi connectivity index (χ3n) is 6.58. The van der Waals surface area contributed by atoms with Gasteiger partial charge < -0.3 is 23.7 Å². The Morgan fingerprint density at radius 3 is 1.98 bits per heavy atom. The SMILES string of the molecule is COc1ccc(C[C@@H]2[C@H](OC(=O)C3CC(C(F)(F)F)C3)[C@@H](OC(=O)OC(C)(C)C)CN2C(=O)OC(C)(C)C)cc1. The summed E-state index contributed by atoms with van der Waals surface area (Å²) in [7, 11) is 1.52. The Kier molecular flexibility index (Phi) is 9.20. The summed E-state index contributed by atoms with van der Waals surface area (Å²) in [5.74, 6) is -2.76. The van der Waals surface area contributed by atoms with E-state index in [4.69, 9.17) is 23.7 Å². The molecule has 1 aromatic carbocycles. The number of alkyl halides is 3. The predicted molar refractivity (Wildman–Crippen MR) is 137 cm³/mol. The topological polar surface area (TPSA) is 101 Å². The van der Waals surface area contributed by atoms with Gasteiger partial charge in [-0.3, -0.25) is 9.69 Å². The van der Waals surface area contributed by atoms with Gasteiger partial charge in [-0.2, -0.15) is 13.2 Å². The highest BCUT2D eigenvalue weighted by Gasteiger charge is 2.54. The van der Waals surface area contributed by atoms with Crippen LogP contribution in [-0.4, -0.2) is 72.4 Å². The van der Waals surface area contributed by atoms with Crippen LogP contribution in [0.3, 0.4) is 0 Å². The molecule has 1 saturated carbocycles. The van der Waals surface area contributed by atoms with E-state index in [1.807, 2.05) is 0 Å². The van der Waals surface area contributed by atoms with E-state index in [0.29, 0.717) is 5.75 Å². The van der Waals surface area contributed by atoms with Gasteiger partial charge >= 0.3 is 24.4 Å². The van der Waals surface area contributed by atoms with E-state index >= 15 is 0 Å². The Labute approximate surface area is 232 Å². The summed E-state index contributed by atoms with van der Waals surface area (Å²) in [4.78, 5) is 40.1. The quantitative estimate of drug-likeness (QED) is 0.317. The van der Waals surface area contributed by atoms with Crippen molar-refractivity contribution in [2.75, 3.05) is 13.7 Å². The van der Waals surface area contributed by atoms with Crippen LogP contribution in [-0.2, 0) is 30.2 Å². The third kappa shape index (κ3) is 8.41. The highest BCUT2D eigenvalue weighted by Crippen LogP contribution is 2.45. The molecule has 2 fully saturated rings. The standard InChI is InChI=1S/C28H38F3NO8/c1-26(2,3)39-24(34)32-15-21(37-25(35)40-27(4,5)6)22(20(32)12-16-8-10-19(36-7)11-9-16)38-23(33)17-13-18(14-17)28(29,30)31/h8-11,17-18,20-22H,12-15H2,1-7H3/t17?,18?,20-,21+,22+/m1/s1. The number of hydrogen-bond acceptors (Lipinski definition) is 8. The van der Waals surface area contributed by atoms with Crippen LogP contribution in [0.25, 0.3) is 0 Å². The molecule has 3 atom stereocenters. The molecule has 1 aromatic rings. The number of nitrogens with zero attached hydrogens (tertiary/aromatic N) is 1. The van der Waals surface area contributed by atoms with Gasteiger partial charge in [0.05, 0.1) is 31.5 Å². The maximum Gasteiger partial charge on any atom is 0.509 e. The molecule has 0 N–H and O–H groups in total. The van der Waals surface area contributed by atoms with Gasteiger partial charge in [0.2, 0.25) is 0 Å². The summed E-state index contributed by atoms with van der Waals surface area (Å²) in [6.45, 7) is 9.84. The number of methoxy groups -OCH3 is 1. The highest BCUT2D eigenvalue weighted by atomic mass is 19.4. The second-order valence-electron chi connectivity index (χ2n) is 12.2. The molecule has 1 saturated heterocycles. The summed E-state index contributed by atoms with van der Waals surface area (Å²) in [6.07, 6.45) is -9.07. The first-order valence-electron chi connectivity index (χ1n) is 13.2. The molecule has 0 spiro atoms. The van der Waals surface area contributed by atoms with E-state index in [1.165, 1.54) is 12.0 Å². The lowest BCUT2D eigenvalue weighted by Gasteiger charge is -2.36. The lowest BCUT2D eigenvalue weighted by Crippen LogP contribution is -2.47. The number of carbonyl (C=O) groups excluding carboxylic acids is 3. The van der Waals surface area contributed by atoms with Crippen LogP contribution in [0, 0.1) is 11.8 Å². The second-order valence-corrected chi connectivity index (χ2v) is 12.2. The number of esters is 1. The molecule has 1 aliphatic carbocycles. The van der Waals surface area contributed by atoms with E-state index in [0.717, 1.165) is 5.56 Å². The van der Waals surface area contributed by atoms with Crippen molar-refractivity contribution in [3.63, 3.8) is 0 Å². The Morgan fingerprint density at radius 2 is 1.48 bits per heavy atom. The van der Waals surface area contributed by atoms with Crippen molar-refractivity contribution in [2.45, 2.75) is 96.4 Å². The molecule has 1 amide bonds. The number of benzene rings is 1. The molecule has 9 nitrogen and oxygen atoms in total. The van der Waals surface area contributed by atoms with Gasteiger partial charge in [-0.25, -0.2) is 9.59 Å². The molecule has 0 radical (unpaired) electrons. The molecule has 12 heteroatoms. The van der Waals surface area contributed by atoms with Crippen molar-refractivity contribution in [2.24, 2.45) is 11.8 Å². The maximum absolute atomic E-state index is 13.3. The van der Waals surface area contributed by atoms with Gasteiger partial charge in [-0.1, -0.05) is 12.1 Å². The normalized spacial score (nSPS) is 25.1. The molecule has 2 aliphatic rings. The smallest absolute Gasteiger partial charge is 0.497 e. The van der Waals surface area contributed by atoms with E-state index in [-0.39, 0.29) is 25.8 Å². The maximum atomic E-state index is 13.3. The zero-order valence-corrected chi connectivity index (χ0v) is 23.9. The molecule has 1 aliphatic heterocycles. The first kappa shape index (κ1) is 31.3. The van der Waals surface area contributed by atoms with Crippen LogP contribution in [0.4, 0.5) is 22.8 Å². The molecule has 40 heavy (non-hydrogen) atoms. The Hall–Kier alpha value is -3.18. The molecule has 3 rings (SSSR count). The Bertz CT molecular complexity index is 1060. The lowest BCUT2D eigenvalue weighted by molar-refractivity contribution is -0.211. The van der Waals surface area contributed by atoms with Crippen LogP contribution in [0.5, 0.6) is 5.75 Å². The minimum atomic E-state index is -4.39. The van der Waals surface area contributed by atoms with Crippen molar-refractivity contribution in [3.05, 3.63) is 29.8 Å². The second kappa shape index (κ2) is 11.7. The van der Waals surface area contributed by atoms with Crippen LogP contribution in [0.2, 0.25) is 0 Å². The molecular weight excluding hydrogens is 535 g/mol. The van der Waals surface area contributed by atoms with Crippen LogP contribution < -0.4 is 4.74 Å². The number of carbonyl (C=O) groups is 3. The highest BCUT2D eigenvalue weighted by molar-refractivity contribution is 5.74. The van der Waals surface area contributed by atoms with Gasteiger partial charge in [0.25, 0.3) is 0 Å². The first-order chi connectivity index (χ1) is 18.4. The van der Waals surface area contributed by atoms with E-state index in [2.05, 4.69) is 0 Å². The first-order valence-corrected chi connectivity index (χ1v) is 13.2. The number of rotatable bonds is 6. The van der Waals surface area contributed by atoms with Crippen molar-refractivity contribution in [1.29, 1.82) is 0 Å². The van der Waals surface area contributed by atoms with Crippen LogP contribution in [0.15, 0.2) is 24.3 Å². The fourth-order valence-electron chi connectivity index (χ4n) is 4.58.